The lowest BCUT2D eigenvalue weighted by Crippen LogP contribution is -2.54. The van der Waals surface area contributed by atoms with Gasteiger partial charge in [0.25, 0.3) is 0 Å². The summed E-state index contributed by atoms with van der Waals surface area (Å²) in [6.45, 7) is 10.5. The Labute approximate surface area is 187 Å². The second kappa shape index (κ2) is 6.81. The molecule has 2 unspecified atom stereocenters. The molecule has 2 aliphatic heterocycles. The summed E-state index contributed by atoms with van der Waals surface area (Å²) in [7, 11) is 0. The first kappa shape index (κ1) is 21.1. The normalized spacial score (nSPS) is 60.7. The number of aliphatic hydroxyl groups excluding tert-OH is 2. The zero-order valence-electron chi connectivity index (χ0n) is 19.8. The highest BCUT2D eigenvalue weighted by molar-refractivity contribution is 5.27. The van der Waals surface area contributed by atoms with Crippen molar-refractivity contribution in [3.05, 3.63) is 11.6 Å². The van der Waals surface area contributed by atoms with Gasteiger partial charge < -0.3 is 19.7 Å². The molecule has 0 aromatic heterocycles. The number of ether oxygens (including phenoxy) is 2. The fourth-order valence-electron chi connectivity index (χ4n) is 9.71. The molecule has 5 fully saturated rings. The highest BCUT2D eigenvalue weighted by Crippen LogP contribution is 2.70. The van der Waals surface area contributed by atoms with Crippen LogP contribution in [0.2, 0.25) is 0 Å². The van der Waals surface area contributed by atoms with Crippen molar-refractivity contribution < 1.29 is 19.7 Å². The van der Waals surface area contributed by atoms with E-state index in [0.29, 0.717) is 53.4 Å². The van der Waals surface area contributed by atoms with Gasteiger partial charge in [0, 0.05) is 12.3 Å². The Bertz CT molecular complexity index is 769. The monoisotopic (exact) mass is 430 g/mol. The van der Waals surface area contributed by atoms with Crippen molar-refractivity contribution in [2.24, 2.45) is 46.3 Å². The van der Waals surface area contributed by atoms with Gasteiger partial charge >= 0.3 is 0 Å². The number of aliphatic hydroxyl groups is 2. The molecule has 2 N–H and O–H groups in total. The lowest BCUT2D eigenvalue weighted by atomic mass is 9.46. The summed E-state index contributed by atoms with van der Waals surface area (Å²) in [4.78, 5) is 0. The van der Waals surface area contributed by atoms with E-state index in [1.807, 2.05) is 0 Å². The molecule has 3 saturated carbocycles. The first-order chi connectivity index (χ1) is 14.7. The molecule has 1 spiro atoms. The van der Waals surface area contributed by atoms with Crippen LogP contribution in [0.3, 0.4) is 0 Å². The van der Waals surface area contributed by atoms with Crippen LogP contribution in [0.25, 0.3) is 0 Å². The van der Waals surface area contributed by atoms with E-state index in [2.05, 4.69) is 33.8 Å². The summed E-state index contributed by atoms with van der Waals surface area (Å²) in [6, 6.07) is 0. The molecule has 0 radical (unpaired) electrons. The number of hydrogen-bond donors (Lipinski definition) is 2. The van der Waals surface area contributed by atoms with E-state index < -0.39 is 12.2 Å². The Morgan fingerprint density at radius 1 is 1.03 bits per heavy atom. The molecule has 6 rings (SSSR count). The average molecular weight is 431 g/mol. The quantitative estimate of drug-likeness (QED) is 0.548. The maximum absolute atomic E-state index is 10.5. The summed E-state index contributed by atoms with van der Waals surface area (Å²) < 4.78 is 13.3. The highest BCUT2D eigenvalue weighted by Gasteiger charge is 2.68. The Morgan fingerprint density at radius 3 is 2.58 bits per heavy atom. The smallest absolute Gasteiger partial charge is 0.171 e. The first-order valence-electron chi connectivity index (χ1n) is 13.1. The van der Waals surface area contributed by atoms with Crippen LogP contribution in [0.1, 0.15) is 79.1 Å². The van der Waals surface area contributed by atoms with E-state index in [0.717, 1.165) is 25.9 Å². The van der Waals surface area contributed by atoms with Crippen molar-refractivity contribution in [2.75, 3.05) is 6.61 Å². The maximum Gasteiger partial charge on any atom is 0.171 e. The Hall–Kier alpha value is -0.420. The van der Waals surface area contributed by atoms with Crippen molar-refractivity contribution in [3.63, 3.8) is 0 Å². The molecule has 0 aromatic rings. The molecule has 4 aliphatic carbocycles. The largest absolute Gasteiger partial charge is 0.390 e. The van der Waals surface area contributed by atoms with Gasteiger partial charge in [-0.05, 0) is 85.4 Å². The fraction of sp³-hybridized carbons (Fsp3) is 0.926. The Kier molecular flexibility index (Phi) is 4.64. The molecule has 6 aliphatic rings. The molecule has 2 heterocycles. The van der Waals surface area contributed by atoms with Crippen LogP contribution in [0.15, 0.2) is 11.6 Å². The van der Waals surface area contributed by atoms with Crippen LogP contribution in [0.5, 0.6) is 0 Å². The number of hydrogen-bond acceptors (Lipinski definition) is 4. The maximum atomic E-state index is 10.5. The Balaban J connectivity index is 1.28. The van der Waals surface area contributed by atoms with E-state index >= 15 is 0 Å². The van der Waals surface area contributed by atoms with Crippen LogP contribution < -0.4 is 0 Å². The van der Waals surface area contributed by atoms with Gasteiger partial charge in [-0.15, -0.1) is 0 Å². The van der Waals surface area contributed by atoms with Gasteiger partial charge in [0.05, 0.1) is 24.9 Å². The van der Waals surface area contributed by atoms with Gasteiger partial charge in [0.1, 0.15) is 0 Å². The third-order valence-corrected chi connectivity index (χ3v) is 11.4. The molecule has 2 saturated heterocycles. The van der Waals surface area contributed by atoms with E-state index in [4.69, 9.17) is 9.47 Å². The molecule has 0 bridgehead atoms. The lowest BCUT2D eigenvalue weighted by molar-refractivity contribution is -0.272. The zero-order chi connectivity index (χ0) is 21.8. The predicted molar refractivity (Wildman–Crippen MR) is 119 cm³/mol. The summed E-state index contributed by atoms with van der Waals surface area (Å²) in [5.74, 6) is 3.39. The van der Waals surface area contributed by atoms with Crippen LogP contribution in [-0.2, 0) is 9.47 Å². The highest BCUT2D eigenvalue weighted by atomic mass is 16.7. The number of fused-ring (bicyclic) bond motifs is 7. The predicted octanol–water partition coefficient (Wildman–Crippen LogP) is 4.68. The third kappa shape index (κ3) is 2.74. The van der Waals surface area contributed by atoms with Crippen LogP contribution in [0.4, 0.5) is 0 Å². The van der Waals surface area contributed by atoms with E-state index in [1.165, 1.54) is 31.3 Å². The topological polar surface area (TPSA) is 58.9 Å². The molecule has 174 valence electrons. The van der Waals surface area contributed by atoms with E-state index in [-0.39, 0.29) is 11.2 Å². The van der Waals surface area contributed by atoms with Gasteiger partial charge in [-0.2, -0.15) is 0 Å². The second-order valence-corrected chi connectivity index (χ2v) is 12.8. The summed E-state index contributed by atoms with van der Waals surface area (Å²) in [6.07, 6.45) is 10.1. The number of allylic oxidation sites excluding steroid dienone is 1. The van der Waals surface area contributed by atoms with Crippen molar-refractivity contribution in [3.8, 4) is 0 Å². The molecule has 12 atom stereocenters. The second-order valence-electron chi connectivity index (χ2n) is 12.8. The first-order valence-corrected chi connectivity index (χ1v) is 13.1. The Morgan fingerprint density at radius 2 is 1.84 bits per heavy atom. The molecular formula is C27H42O4. The van der Waals surface area contributed by atoms with Crippen molar-refractivity contribution in [1.29, 1.82) is 0 Å². The fourth-order valence-corrected chi connectivity index (χ4v) is 9.71. The van der Waals surface area contributed by atoms with Crippen molar-refractivity contribution in [1.82, 2.24) is 0 Å². The van der Waals surface area contributed by atoms with Crippen molar-refractivity contribution in [2.45, 2.75) is 103 Å². The minimum atomic E-state index is -0.584. The average Bonchev–Trinajstić information content (AvgIpc) is 3.16. The van der Waals surface area contributed by atoms with Crippen LogP contribution in [-0.4, -0.2) is 40.9 Å². The van der Waals surface area contributed by atoms with E-state index in [9.17, 15) is 10.2 Å². The van der Waals surface area contributed by atoms with Gasteiger partial charge in [0.15, 0.2) is 5.79 Å². The van der Waals surface area contributed by atoms with Crippen molar-refractivity contribution >= 4 is 0 Å². The van der Waals surface area contributed by atoms with Crippen LogP contribution >= 0.6 is 0 Å². The summed E-state index contributed by atoms with van der Waals surface area (Å²) in [5.41, 5.74) is 1.80. The van der Waals surface area contributed by atoms with Gasteiger partial charge in [-0.3, -0.25) is 0 Å². The van der Waals surface area contributed by atoms with Gasteiger partial charge in [-0.1, -0.05) is 39.3 Å². The molecule has 31 heavy (non-hydrogen) atoms. The van der Waals surface area contributed by atoms with Crippen LogP contribution in [0, 0.1) is 46.3 Å². The van der Waals surface area contributed by atoms with Gasteiger partial charge in [-0.25, -0.2) is 0 Å². The minimum absolute atomic E-state index is 0.0525. The SMILES string of the molecule is CC1CC[C@@]2(OC1)O[C@H]1C[C@H]3[C@@H]4CC=C5C[C@@H](O)C(O)C[C@]5(C)[C@H]4CC[C@]3(C)[C@H]1[C@@H]2C. The van der Waals surface area contributed by atoms with E-state index in [1.54, 1.807) is 0 Å². The zero-order valence-corrected chi connectivity index (χ0v) is 19.8. The molecule has 4 heteroatoms. The van der Waals surface area contributed by atoms with Gasteiger partial charge in [0.2, 0.25) is 0 Å². The molecule has 0 aromatic carbocycles. The molecule has 0 amide bonds. The molecule has 4 nitrogen and oxygen atoms in total. The summed E-state index contributed by atoms with van der Waals surface area (Å²) >= 11 is 0. The number of rotatable bonds is 0. The minimum Gasteiger partial charge on any atom is -0.390 e. The molecular weight excluding hydrogens is 388 g/mol. The lowest BCUT2D eigenvalue weighted by Gasteiger charge is -2.59. The standard InChI is InChI=1S/C27H42O4/c1-15-7-10-27(30-14-15)16(2)24-23(31-27)12-20-18-6-5-17-11-21(28)22(29)13-26(17,4)19(18)8-9-25(20,24)3/h5,15-16,18-24,28-29H,6-14H2,1-4H3/t15?,16-,18+,19-,20-,21+,22?,23-,24-,25-,26-,27+/m0/s1. The summed E-state index contributed by atoms with van der Waals surface area (Å²) in [5, 5.41) is 20.8. The third-order valence-electron chi connectivity index (χ3n) is 11.4.